The SMILES string of the molecule is CCCCC1N(CC2CCCCC2)C(=O)OC12CCN(C1CCN(C(=O)c3c(-c4ccccc4)noc3C)CC1)CC2. The van der Waals surface area contributed by atoms with Crippen LogP contribution in [0.2, 0.25) is 0 Å². The van der Waals surface area contributed by atoms with Crippen LogP contribution in [0.5, 0.6) is 0 Å². The predicted molar refractivity (Wildman–Crippen MR) is 162 cm³/mol. The van der Waals surface area contributed by atoms with E-state index in [0.717, 1.165) is 83.2 Å². The van der Waals surface area contributed by atoms with Gasteiger partial charge in [0.15, 0.2) is 0 Å². The summed E-state index contributed by atoms with van der Waals surface area (Å²) in [6.45, 7) is 8.30. The smallest absolute Gasteiger partial charge is 0.410 e. The zero-order chi connectivity index (χ0) is 29.1. The number of nitrogens with zero attached hydrogens (tertiary/aromatic N) is 4. The van der Waals surface area contributed by atoms with Gasteiger partial charge in [0, 0.05) is 57.2 Å². The number of carbonyl (C=O) groups is 2. The fourth-order valence-electron chi connectivity index (χ4n) is 8.09. The number of carbonyl (C=O) groups excluding carboxylic acids is 2. The summed E-state index contributed by atoms with van der Waals surface area (Å²) in [4.78, 5) is 33.6. The van der Waals surface area contributed by atoms with E-state index in [2.05, 4.69) is 21.9 Å². The monoisotopic (exact) mass is 576 g/mol. The third-order valence-corrected chi connectivity index (χ3v) is 10.6. The Kier molecular flexibility index (Phi) is 8.89. The third kappa shape index (κ3) is 5.84. The van der Waals surface area contributed by atoms with Crippen LogP contribution in [0.15, 0.2) is 34.9 Å². The van der Waals surface area contributed by atoms with Gasteiger partial charge >= 0.3 is 6.09 Å². The largest absolute Gasteiger partial charge is 0.440 e. The minimum absolute atomic E-state index is 0.0124. The molecule has 1 aromatic carbocycles. The maximum absolute atomic E-state index is 13.6. The van der Waals surface area contributed by atoms with Gasteiger partial charge in [-0.2, -0.15) is 0 Å². The fraction of sp³-hybridized carbons (Fsp3) is 0.676. The molecule has 2 aromatic rings. The zero-order valence-corrected chi connectivity index (χ0v) is 25.6. The van der Waals surface area contributed by atoms with Crippen LogP contribution in [0.25, 0.3) is 11.3 Å². The van der Waals surface area contributed by atoms with Crippen LogP contribution in [0, 0.1) is 12.8 Å². The first-order valence-electron chi connectivity index (χ1n) is 16.5. The third-order valence-electron chi connectivity index (χ3n) is 10.6. The number of hydrogen-bond donors (Lipinski definition) is 0. The molecule has 0 N–H and O–H groups in total. The molecule has 1 aliphatic carbocycles. The quantitative estimate of drug-likeness (QED) is 0.349. The lowest BCUT2D eigenvalue weighted by Gasteiger charge is -2.46. The van der Waals surface area contributed by atoms with Crippen molar-refractivity contribution < 1.29 is 18.8 Å². The van der Waals surface area contributed by atoms with E-state index < -0.39 is 0 Å². The molecule has 8 heteroatoms. The molecule has 42 heavy (non-hydrogen) atoms. The Morgan fingerprint density at radius 2 is 1.71 bits per heavy atom. The van der Waals surface area contributed by atoms with Gasteiger partial charge in [-0.3, -0.25) is 9.69 Å². The number of amides is 2. The first-order valence-corrected chi connectivity index (χ1v) is 16.5. The van der Waals surface area contributed by atoms with Gasteiger partial charge in [0.1, 0.15) is 22.6 Å². The van der Waals surface area contributed by atoms with Crippen molar-refractivity contribution >= 4 is 12.0 Å². The summed E-state index contributed by atoms with van der Waals surface area (Å²) in [5, 5.41) is 4.22. The van der Waals surface area contributed by atoms with Crippen molar-refractivity contribution in [3.05, 3.63) is 41.7 Å². The van der Waals surface area contributed by atoms with Crippen molar-refractivity contribution in [2.24, 2.45) is 5.92 Å². The minimum atomic E-state index is -0.340. The molecule has 1 unspecified atom stereocenters. The van der Waals surface area contributed by atoms with Crippen molar-refractivity contribution in [3.8, 4) is 11.3 Å². The lowest BCUT2D eigenvalue weighted by Crippen LogP contribution is -2.56. The first kappa shape index (κ1) is 29.2. The van der Waals surface area contributed by atoms with E-state index in [1.54, 1.807) is 0 Å². The average Bonchev–Trinajstić information content (AvgIpc) is 3.53. The van der Waals surface area contributed by atoms with Crippen LogP contribution >= 0.6 is 0 Å². The number of ether oxygens (including phenoxy) is 1. The van der Waals surface area contributed by atoms with E-state index in [0.29, 0.717) is 29.0 Å². The summed E-state index contributed by atoms with van der Waals surface area (Å²) in [6.07, 6.45) is 13.4. The van der Waals surface area contributed by atoms with Crippen molar-refractivity contribution in [1.29, 1.82) is 0 Å². The van der Waals surface area contributed by atoms with Crippen LogP contribution in [0.1, 0.15) is 100 Å². The second kappa shape index (κ2) is 12.8. The normalized spacial score (nSPS) is 24.0. The van der Waals surface area contributed by atoms with Gasteiger partial charge in [0.05, 0.1) is 6.04 Å². The van der Waals surface area contributed by atoms with Crippen LogP contribution in [0.4, 0.5) is 4.79 Å². The maximum Gasteiger partial charge on any atom is 0.410 e. The standard InChI is InChI=1S/C34H48N4O4/c1-3-4-15-29-34(41-33(40)38(29)24-26-11-7-5-8-12-26)18-22-36(23-19-34)28-16-20-37(21-17-28)32(39)30-25(2)42-35-31(30)27-13-9-6-10-14-27/h6,9-10,13-14,26,28-29H,3-5,7-8,11-12,15-24H2,1-2H3. The Balaban J connectivity index is 1.06. The zero-order valence-electron chi connectivity index (χ0n) is 25.6. The van der Waals surface area contributed by atoms with Crippen molar-refractivity contribution in [2.75, 3.05) is 32.7 Å². The molecule has 228 valence electrons. The predicted octanol–water partition coefficient (Wildman–Crippen LogP) is 6.68. The van der Waals surface area contributed by atoms with Gasteiger partial charge in [-0.05, 0) is 44.9 Å². The fourth-order valence-corrected chi connectivity index (χ4v) is 8.09. The van der Waals surface area contributed by atoms with E-state index in [1.165, 1.54) is 32.1 Å². The lowest BCUT2D eigenvalue weighted by atomic mass is 9.80. The van der Waals surface area contributed by atoms with E-state index >= 15 is 0 Å². The van der Waals surface area contributed by atoms with E-state index in [-0.39, 0.29) is 23.6 Å². The van der Waals surface area contributed by atoms with Gasteiger partial charge in [-0.25, -0.2) is 4.79 Å². The molecule has 3 saturated heterocycles. The van der Waals surface area contributed by atoms with Crippen LogP contribution in [-0.4, -0.2) is 82.3 Å². The van der Waals surface area contributed by atoms with E-state index in [1.807, 2.05) is 42.2 Å². The van der Waals surface area contributed by atoms with Crippen LogP contribution in [-0.2, 0) is 4.74 Å². The van der Waals surface area contributed by atoms with Gasteiger partial charge in [-0.1, -0.05) is 74.5 Å². The summed E-state index contributed by atoms with van der Waals surface area (Å²) < 4.78 is 11.8. The highest BCUT2D eigenvalue weighted by atomic mass is 16.6. The molecule has 1 atom stereocenters. The van der Waals surface area contributed by atoms with Gasteiger partial charge in [0.2, 0.25) is 0 Å². The molecular weight excluding hydrogens is 528 g/mol. The number of rotatable bonds is 8. The number of unbranched alkanes of at least 4 members (excludes halogenated alkanes) is 1. The van der Waals surface area contributed by atoms with Crippen LogP contribution < -0.4 is 0 Å². The first-order chi connectivity index (χ1) is 20.5. The Labute approximate surface area is 250 Å². The summed E-state index contributed by atoms with van der Waals surface area (Å²) >= 11 is 0. The number of benzene rings is 1. The van der Waals surface area contributed by atoms with Gasteiger partial charge in [-0.15, -0.1) is 0 Å². The Morgan fingerprint density at radius 1 is 1.00 bits per heavy atom. The lowest BCUT2D eigenvalue weighted by molar-refractivity contribution is -0.0385. The number of aryl methyl sites for hydroxylation is 1. The molecule has 1 saturated carbocycles. The average molecular weight is 577 g/mol. The second-order valence-electron chi connectivity index (χ2n) is 13.1. The highest BCUT2D eigenvalue weighted by Gasteiger charge is 2.55. The summed E-state index contributed by atoms with van der Waals surface area (Å²) in [7, 11) is 0. The maximum atomic E-state index is 13.6. The Hall–Kier alpha value is -2.87. The molecule has 4 aliphatic rings. The minimum Gasteiger partial charge on any atom is -0.440 e. The highest BCUT2D eigenvalue weighted by molar-refractivity contribution is 6.00. The number of aromatic nitrogens is 1. The molecule has 4 fully saturated rings. The molecule has 0 bridgehead atoms. The van der Waals surface area contributed by atoms with Gasteiger partial charge in [0.25, 0.3) is 5.91 Å². The number of hydrogen-bond acceptors (Lipinski definition) is 6. The molecule has 4 heterocycles. The van der Waals surface area contributed by atoms with Crippen LogP contribution in [0.3, 0.4) is 0 Å². The van der Waals surface area contributed by atoms with Gasteiger partial charge < -0.3 is 19.1 Å². The summed E-state index contributed by atoms with van der Waals surface area (Å²) in [5.74, 6) is 1.21. The molecule has 0 radical (unpaired) electrons. The highest BCUT2D eigenvalue weighted by Crippen LogP contribution is 2.43. The number of piperidine rings is 2. The van der Waals surface area contributed by atoms with E-state index in [4.69, 9.17) is 9.26 Å². The second-order valence-corrected chi connectivity index (χ2v) is 13.1. The molecule has 2 amide bonds. The van der Waals surface area contributed by atoms with E-state index in [9.17, 15) is 9.59 Å². The number of likely N-dealkylation sites (tertiary alicyclic amines) is 2. The molecule has 8 nitrogen and oxygen atoms in total. The summed E-state index contributed by atoms with van der Waals surface area (Å²) in [6, 6.07) is 10.5. The van der Waals surface area contributed by atoms with Crippen molar-refractivity contribution in [1.82, 2.24) is 19.9 Å². The Bertz CT molecular complexity index is 1210. The molecular formula is C34H48N4O4. The topological polar surface area (TPSA) is 79.1 Å². The molecule has 6 rings (SSSR count). The molecule has 1 spiro atoms. The Morgan fingerprint density at radius 3 is 2.40 bits per heavy atom. The molecule has 1 aromatic heterocycles. The molecule has 3 aliphatic heterocycles. The van der Waals surface area contributed by atoms with Crippen molar-refractivity contribution in [3.63, 3.8) is 0 Å². The van der Waals surface area contributed by atoms with Crippen molar-refractivity contribution in [2.45, 2.75) is 109 Å². The summed E-state index contributed by atoms with van der Waals surface area (Å²) in [5.41, 5.74) is 1.77.